The van der Waals surface area contributed by atoms with Gasteiger partial charge in [0.15, 0.2) is 0 Å². The Hall–Kier alpha value is -1.57. The number of Topliss-reactive ketones (excluding diaryl/α,β-unsaturated/α-hetero) is 1. The Morgan fingerprint density at radius 3 is 2.94 bits per heavy atom. The van der Waals surface area contributed by atoms with Gasteiger partial charge in [-0.2, -0.15) is 0 Å². The summed E-state index contributed by atoms with van der Waals surface area (Å²) in [5, 5.41) is 3.22. The Labute approximate surface area is 96.4 Å². The van der Waals surface area contributed by atoms with Crippen LogP contribution in [0.25, 0.3) is 0 Å². The van der Waals surface area contributed by atoms with Crippen LogP contribution < -0.4 is 5.32 Å². The molecule has 0 bridgehead atoms. The molecule has 0 radical (unpaired) electrons. The van der Waals surface area contributed by atoms with Crippen LogP contribution in [0.4, 0.5) is 5.69 Å². The molecule has 2 nitrogen and oxygen atoms in total. The SMILES string of the molecule is C=C1Cc2cc(CC(=O)C(C)C)ccc2N1. The number of carbonyl (C=O) groups excluding carboxylic acids is 1. The second-order valence-corrected chi connectivity index (χ2v) is 4.69. The minimum atomic E-state index is 0.112. The fourth-order valence-electron chi connectivity index (χ4n) is 1.90. The first kappa shape index (κ1) is 10.9. The van der Waals surface area contributed by atoms with Gasteiger partial charge in [-0.05, 0) is 17.2 Å². The largest absolute Gasteiger partial charge is 0.359 e. The van der Waals surface area contributed by atoms with Crippen LogP contribution in [-0.2, 0) is 17.6 Å². The van der Waals surface area contributed by atoms with Crippen LogP contribution in [0.2, 0.25) is 0 Å². The summed E-state index contributed by atoms with van der Waals surface area (Å²) in [6, 6.07) is 6.17. The third kappa shape index (κ3) is 2.16. The number of benzene rings is 1. The number of ketones is 1. The van der Waals surface area contributed by atoms with Crippen molar-refractivity contribution >= 4 is 11.5 Å². The molecule has 0 spiro atoms. The zero-order valence-corrected chi connectivity index (χ0v) is 9.84. The predicted octanol–water partition coefficient (Wildman–Crippen LogP) is 2.94. The van der Waals surface area contributed by atoms with Gasteiger partial charge in [0.2, 0.25) is 0 Å². The maximum Gasteiger partial charge on any atom is 0.139 e. The standard InChI is InChI=1S/C14H17NO/c1-9(2)14(16)8-11-4-5-13-12(7-11)6-10(3)15-13/h4-5,7,9,15H,3,6,8H2,1-2H3. The molecule has 1 aliphatic rings. The smallest absolute Gasteiger partial charge is 0.139 e. The lowest BCUT2D eigenvalue weighted by Gasteiger charge is -2.06. The van der Waals surface area contributed by atoms with E-state index < -0.39 is 0 Å². The van der Waals surface area contributed by atoms with E-state index in [1.54, 1.807) is 0 Å². The third-order valence-corrected chi connectivity index (χ3v) is 2.91. The Balaban J connectivity index is 2.17. The maximum absolute atomic E-state index is 11.6. The van der Waals surface area contributed by atoms with Crippen LogP contribution in [0, 0.1) is 5.92 Å². The van der Waals surface area contributed by atoms with E-state index in [-0.39, 0.29) is 5.92 Å². The number of carbonyl (C=O) groups is 1. The first-order valence-electron chi connectivity index (χ1n) is 5.65. The van der Waals surface area contributed by atoms with E-state index in [0.29, 0.717) is 12.2 Å². The molecule has 0 aromatic heterocycles. The Morgan fingerprint density at radius 2 is 2.25 bits per heavy atom. The number of allylic oxidation sites excluding steroid dienone is 1. The molecule has 84 valence electrons. The van der Waals surface area contributed by atoms with Gasteiger partial charge in [0.1, 0.15) is 5.78 Å². The zero-order valence-electron chi connectivity index (χ0n) is 9.84. The Morgan fingerprint density at radius 1 is 1.50 bits per heavy atom. The summed E-state index contributed by atoms with van der Waals surface area (Å²) in [5.74, 6) is 0.408. The highest BCUT2D eigenvalue weighted by Crippen LogP contribution is 2.28. The summed E-state index contributed by atoms with van der Waals surface area (Å²) < 4.78 is 0. The second-order valence-electron chi connectivity index (χ2n) is 4.69. The lowest BCUT2D eigenvalue weighted by atomic mass is 9.99. The van der Waals surface area contributed by atoms with Gasteiger partial charge in [0.05, 0.1) is 0 Å². The van der Waals surface area contributed by atoms with Gasteiger partial charge < -0.3 is 5.32 Å². The molecule has 0 atom stereocenters. The maximum atomic E-state index is 11.6. The molecule has 0 fully saturated rings. The third-order valence-electron chi connectivity index (χ3n) is 2.91. The number of nitrogens with one attached hydrogen (secondary N) is 1. The first-order valence-corrected chi connectivity index (χ1v) is 5.65. The Kier molecular flexibility index (Phi) is 2.82. The Bertz CT molecular complexity index is 446. The van der Waals surface area contributed by atoms with E-state index in [1.807, 2.05) is 26.0 Å². The van der Waals surface area contributed by atoms with E-state index in [1.165, 1.54) is 5.56 Å². The van der Waals surface area contributed by atoms with E-state index in [2.05, 4.69) is 18.0 Å². The van der Waals surface area contributed by atoms with E-state index in [4.69, 9.17) is 0 Å². The highest BCUT2D eigenvalue weighted by atomic mass is 16.1. The lowest BCUT2D eigenvalue weighted by molar-refractivity contribution is -0.121. The van der Waals surface area contributed by atoms with Crippen molar-refractivity contribution in [2.45, 2.75) is 26.7 Å². The van der Waals surface area contributed by atoms with Gasteiger partial charge in [0.25, 0.3) is 0 Å². The van der Waals surface area contributed by atoms with E-state index >= 15 is 0 Å². The van der Waals surface area contributed by atoms with Crippen molar-refractivity contribution in [2.24, 2.45) is 5.92 Å². The van der Waals surface area contributed by atoms with Gasteiger partial charge in [-0.3, -0.25) is 4.79 Å². The summed E-state index contributed by atoms with van der Waals surface area (Å²) >= 11 is 0. The summed E-state index contributed by atoms with van der Waals surface area (Å²) in [4.78, 5) is 11.6. The summed E-state index contributed by atoms with van der Waals surface area (Å²) in [5.41, 5.74) is 4.51. The second kappa shape index (κ2) is 4.12. The number of hydrogen-bond donors (Lipinski definition) is 1. The highest BCUT2D eigenvalue weighted by molar-refractivity contribution is 5.83. The van der Waals surface area contributed by atoms with E-state index in [9.17, 15) is 4.79 Å². The van der Waals surface area contributed by atoms with Gasteiger partial charge in [-0.25, -0.2) is 0 Å². The van der Waals surface area contributed by atoms with Crippen molar-refractivity contribution < 1.29 is 4.79 Å². The lowest BCUT2D eigenvalue weighted by Crippen LogP contribution is -2.10. The molecular weight excluding hydrogens is 198 g/mol. The zero-order chi connectivity index (χ0) is 11.7. The average Bonchev–Trinajstić information content (AvgIpc) is 2.57. The minimum absolute atomic E-state index is 0.112. The van der Waals surface area contributed by atoms with Crippen LogP contribution in [0.3, 0.4) is 0 Å². The number of rotatable bonds is 3. The van der Waals surface area contributed by atoms with Crippen LogP contribution in [0.15, 0.2) is 30.5 Å². The number of hydrogen-bond acceptors (Lipinski definition) is 2. The average molecular weight is 215 g/mol. The molecule has 1 N–H and O–H groups in total. The van der Waals surface area contributed by atoms with Crippen molar-refractivity contribution in [2.75, 3.05) is 5.32 Å². The molecule has 1 aromatic carbocycles. The van der Waals surface area contributed by atoms with Gasteiger partial charge in [0, 0.05) is 30.1 Å². The topological polar surface area (TPSA) is 29.1 Å². The fraction of sp³-hybridized carbons (Fsp3) is 0.357. The molecule has 1 aromatic rings. The molecule has 0 saturated heterocycles. The number of anilines is 1. The molecule has 2 rings (SSSR count). The normalized spacial score (nSPS) is 13.8. The minimum Gasteiger partial charge on any atom is -0.359 e. The fourth-order valence-corrected chi connectivity index (χ4v) is 1.90. The first-order chi connectivity index (χ1) is 7.56. The van der Waals surface area contributed by atoms with Gasteiger partial charge in [-0.15, -0.1) is 0 Å². The summed E-state index contributed by atoms with van der Waals surface area (Å²) in [6.45, 7) is 7.80. The number of fused-ring (bicyclic) bond motifs is 1. The van der Waals surface area contributed by atoms with Crippen molar-refractivity contribution in [1.29, 1.82) is 0 Å². The molecule has 0 aliphatic carbocycles. The molecular formula is C14H17NO. The van der Waals surface area contributed by atoms with Crippen LogP contribution >= 0.6 is 0 Å². The van der Waals surface area contributed by atoms with Crippen molar-refractivity contribution in [3.63, 3.8) is 0 Å². The van der Waals surface area contributed by atoms with E-state index in [0.717, 1.165) is 23.4 Å². The molecule has 0 amide bonds. The summed E-state index contributed by atoms with van der Waals surface area (Å²) in [7, 11) is 0. The van der Waals surface area contributed by atoms with Crippen LogP contribution in [-0.4, -0.2) is 5.78 Å². The highest BCUT2D eigenvalue weighted by Gasteiger charge is 2.15. The van der Waals surface area contributed by atoms with Gasteiger partial charge >= 0.3 is 0 Å². The quantitative estimate of drug-likeness (QED) is 0.840. The predicted molar refractivity (Wildman–Crippen MR) is 66.5 cm³/mol. The molecule has 0 unspecified atom stereocenters. The molecule has 2 heteroatoms. The monoisotopic (exact) mass is 215 g/mol. The van der Waals surface area contributed by atoms with Crippen LogP contribution in [0.5, 0.6) is 0 Å². The van der Waals surface area contributed by atoms with Gasteiger partial charge in [-0.1, -0.05) is 32.6 Å². The van der Waals surface area contributed by atoms with Crippen molar-refractivity contribution in [1.82, 2.24) is 0 Å². The summed E-state index contributed by atoms with van der Waals surface area (Å²) in [6.07, 6.45) is 1.41. The molecule has 1 aliphatic heterocycles. The van der Waals surface area contributed by atoms with Crippen LogP contribution in [0.1, 0.15) is 25.0 Å². The molecule has 0 saturated carbocycles. The van der Waals surface area contributed by atoms with Crippen molar-refractivity contribution in [3.8, 4) is 0 Å². The molecule has 1 heterocycles. The molecule has 16 heavy (non-hydrogen) atoms. The van der Waals surface area contributed by atoms with Crippen molar-refractivity contribution in [3.05, 3.63) is 41.6 Å².